The molecule has 5 N–H and O–H groups in total. The van der Waals surface area contributed by atoms with Crippen LogP contribution in [0.5, 0.6) is 5.75 Å². The highest BCUT2D eigenvalue weighted by Crippen LogP contribution is 2.24. The molecule has 1 rings (SSSR count). The summed E-state index contributed by atoms with van der Waals surface area (Å²) in [5.74, 6) is -0.202. The Labute approximate surface area is 114 Å². The lowest BCUT2D eigenvalue weighted by Crippen LogP contribution is -2.23. The quantitative estimate of drug-likeness (QED) is 0.412. The van der Waals surface area contributed by atoms with Gasteiger partial charge in [-0.25, -0.2) is 0 Å². The molecule has 0 aliphatic rings. The molecule has 0 aromatic heterocycles. The van der Waals surface area contributed by atoms with Gasteiger partial charge in [0.2, 0.25) is 0 Å². The fourth-order valence-corrected chi connectivity index (χ4v) is 1.33. The van der Waals surface area contributed by atoms with E-state index in [1.807, 2.05) is 0 Å². The van der Waals surface area contributed by atoms with Crippen LogP contribution < -0.4 is 21.6 Å². The molecule has 8 heteroatoms. The number of hydrogen-bond donors (Lipinski definition) is 3. The number of nitrogens with one attached hydrogen (secondary N) is 1. The van der Waals surface area contributed by atoms with Crippen molar-refractivity contribution in [1.29, 1.82) is 0 Å². The van der Waals surface area contributed by atoms with Crippen LogP contribution in [0, 0.1) is 0 Å². The van der Waals surface area contributed by atoms with Crippen LogP contribution in [0.3, 0.4) is 0 Å². The monoisotopic (exact) mass is 286 g/mol. The Bertz CT molecular complexity index is 493. The third-order valence-electron chi connectivity index (χ3n) is 1.71. The summed E-state index contributed by atoms with van der Waals surface area (Å²) in [7, 11) is 0. The van der Waals surface area contributed by atoms with Gasteiger partial charge in [0.25, 0.3) is 5.91 Å². The number of halogens is 1. The maximum atomic E-state index is 10.6. The number of ether oxygens (including phenoxy) is 1. The van der Waals surface area contributed by atoms with E-state index in [2.05, 4.69) is 22.7 Å². The van der Waals surface area contributed by atoms with Crippen molar-refractivity contribution in [2.24, 2.45) is 16.6 Å². The number of primary amides is 1. The number of amides is 1. The zero-order valence-electron chi connectivity index (χ0n) is 9.22. The number of hydrazone groups is 1. The highest BCUT2D eigenvalue weighted by Gasteiger charge is 2.03. The second-order valence-electron chi connectivity index (χ2n) is 3.18. The third-order valence-corrected chi connectivity index (χ3v) is 2.10. The highest BCUT2D eigenvalue weighted by molar-refractivity contribution is 7.80. The first kappa shape index (κ1) is 14.2. The average molecular weight is 287 g/mol. The van der Waals surface area contributed by atoms with Gasteiger partial charge in [-0.15, -0.1) is 0 Å². The van der Waals surface area contributed by atoms with Crippen LogP contribution in [0.2, 0.25) is 5.02 Å². The molecule has 0 bridgehead atoms. The maximum Gasteiger partial charge on any atom is 0.255 e. The lowest BCUT2D eigenvalue weighted by molar-refractivity contribution is -0.119. The third kappa shape index (κ3) is 4.98. The van der Waals surface area contributed by atoms with Gasteiger partial charge in [-0.3, -0.25) is 10.2 Å². The van der Waals surface area contributed by atoms with Gasteiger partial charge < -0.3 is 16.2 Å². The second kappa shape index (κ2) is 6.77. The van der Waals surface area contributed by atoms with Crippen LogP contribution in [-0.4, -0.2) is 23.8 Å². The van der Waals surface area contributed by atoms with Gasteiger partial charge in [-0.2, -0.15) is 5.10 Å². The molecule has 1 aromatic carbocycles. The summed E-state index contributed by atoms with van der Waals surface area (Å²) < 4.78 is 5.09. The molecule has 0 spiro atoms. The van der Waals surface area contributed by atoms with Crippen molar-refractivity contribution in [2.45, 2.75) is 0 Å². The van der Waals surface area contributed by atoms with Gasteiger partial charge in [0.05, 0.1) is 11.2 Å². The molecular weight excluding hydrogens is 276 g/mol. The molecule has 6 nitrogen and oxygen atoms in total. The summed E-state index contributed by atoms with van der Waals surface area (Å²) in [6.07, 6.45) is 1.49. The van der Waals surface area contributed by atoms with E-state index >= 15 is 0 Å². The van der Waals surface area contributed by atoms with E-state index in [1.54, 1.807) is 18.2 Å². The minimum absolute atomic E-state index is 0.0683. The summed E-state index contributed by atoms with van der Waals surface area (Å²) in [4.78, 5) is 10.6. The van der Waals surface area contributed by atoms with Crippen molar-refractivity contribution < 1.29 is 9.53 Å². The van der Waals surface area contributed by atoms with E-state index in [0.29, 0.717) is 10.8 Å². The average Bonchev–Trinajstić information content (AvgIpc) is 2.27. The van der Waals surface area contributed by atoms with E-state index in [4.69, 9.17) is 27.8 Å². The molecule has 1 aromatic rings. The van der Waals surface area contributed by atoms with Crippen LogP contribution in [0.4, 0.5) is 0 Å². The largest absolute Gasteiger partial charge is 0.482 e. The van der Waals surface area contributed by atoms with E-state index in [-0.39, 0.29) is 11.7 Å². The SMILES string of the molecule is NC(=O)COc1ccc(/C=N/NC(N)=S)cc1Cl. The molecular formula is C10H11ClN4O2S. The normalized spacial score (nSPS) is 10.3. The van der Waals surface area contributed by atoms with E-state index in [9.17, 15) is 4.79 Å². The lowest BCUT2D eigenvalue weighted by Gasteiger charge is -2.06. The minimum atomic E-state index is -0.572. The second-order valence-corrected chi connectivity index (χ2v) is 4.03. The molecule has 96 valence electrons. The molecule has 0 atom stereocenters. The zero-order valence-corrected chi connectivity index (χ0v) is 10.8. The fraction of sp³-hybridized carbons (Fsp3) is 0.100. The summed E-state index contributed by atoms with van der Waals surface area (Å²) >= 11 is 10.5. The first-order chi connectivity index (χ1) is 8.49. The van der Waals surface area contributed by atoms with E-state index in [0.717, 1.165) is 5.56 Å². The topological polar surface area (TPSA) is 103 Å². The van der Waals surface area contributed by atoms with Crippen LogP contribution >= 0.6 is 23.8 Å². The Morgan fingerprint density at radius 2 is 2.28 bits per heavy atom. The number of carbonyl (C=O) groups excluding carboxylic acids is 1. The Hall–Kier alpha value is -1.86. The summed E-state index contributed by atoms with van der Waals surface area (Å²) in [6, 6.07) is 4.92. The Kier molecular flexibility index (Phi) is 5.34. The van der Waals surface area contributed by atoms with Gasteiger partial charge in [-0.05, 0) is 36.0 Å². The minimum Gasteiger partial charge on any atom is -0.482 e. The zero-order chi connectivity index (χ0) is 13.5. The van der Waals surface area contributed by atoms with Crippen LogP contribution in [0.15, 0.2) is 23.3 Å². The number of carbonyl (C=O) groups is 1. The summed E-state index contributed by atoms with van der Waals surface area (Å²) in [5, 5.41) is 4.18. The van der Waals surface area contributed by atoms with E-state index < -0.39 is 5.91 Å². The highest BCUT2D eigenvalue weighted by atomic mass is 35.5. The molecule has 18 heavy (non-hydrogen) atoms. The number of nitrogens with zero attached hydrogens (tertiary/aromatic N) is 1. The van der Waals surface area contributed by atoms with Crippen molar-refractivity contribution >= 4 is 41.1 Å². The maximum absolute atomic E-state index is 10.6. The Balaban J connectivity index is 2.69. The molecule has 0 heterocycles. The van der Waals surface area contributed by atoms with Crippen molar-refractivity contribution in [2.75, 3.05) is 6.61 Å². The van der Waals surface area contributed by atoms with Crippen LogP contribution in [0.1, 0.15) is 5.56 Å². The number of hydrogen-bond acceptors (Lipinski definition) is 4. The molecule has 0 saturated heterocycles. The number of thiocarbonyl (C=S) groups is 1. The molecule has 0 unspecified atom stereocenters. The van der Waals surface area contributed by atoms with Gasteiger partial charge in [0, 0.05) is 0 Å². The fourth-order valence-electron chi connectivity index (χ4n) is 1.03. The van der Waals surface area contributed by atoms with Crippen molar-refractivity contribution in [3.63, 3.8) is 0 Å². The Morgan fingerprint density at radius 1 is 1.56 bits per heavy atom. The number of benzene rings is 1. The van der Waals surface area contributed by atoms with Crippen molar-refractivity contribution in [3.8, 4) is 5.75 Å². The first-order valence-corrected chi connectivity index (χ1v) is 5.57. The predicted molar refractivity (Wildman–Crippen MR) is 73.7 cm³/mol. The molecule has 0 radical (unpaired) electrons. The van der Waals surface area contributed by atoms with Crippen molar-refractivity contribution in [3.05, 3.63) is 28.8 Å². The van der Waals surface area contributed by atoms with E-state index in [1.165, 1.54) is 6.21 Å². The number of nitrogens with two attached hydrogens (primary N) is 2. The first-order valence-electron chi connectivity index (χ1n) is 4.78. The van der Waals surface area contributed by atoms with Gasteiger partial charge >= 0.3 is 0 Å². The lowest BCUT2D eigenvalue weighted by atomic mass is 10.2. The van der Waals surface area contributed by atoms with Crippen molar-refractivity contribution in [1.82, 2.24) is 5.43 Å². The summed E-state index contributed by atoms with van der Waals surface area (Å²) in [6.45, 7) is -0.226. The molecule has 0 aliphatic heterocycles. The molecule has 0 saturated carbocycles. The standard InChI is InChI=1S/C10H11ClN4O2S/c11-7-3-6(4-14-15-10(13)18)1-2-8(7)17-5-9(12)16/h1-4H,5H2,(H2,12,16)(H3,13,15,18)/b14-4+. The predicted octanol–water partition coefficient (Wildman–Crippen LogP) is 0.371. The molecule has 0 fully saturated rings. The number of rotatable bonds is 5. The smallest absolute Gasteiger partial charge is 0.255 e. The van der Waals surface area contributed by atoms with Gasteiger partial charge in [0.15, 0.2) is 11.7 Å². The Morgan fingerprint density at radius 3 is 2.83 bits per heavy atom. The van der Waals surface area contributed by atoms with Crippen LogP contribution in [0.25, 0.3) is 0 Å². The molecule has 0 aliphatic carbocycles. The van der Waals surface area contributed by atoms with Gasteiger partial charge in [0.1, 0.15) is 5.75 Å². The summed E-state index contributed by atoms with van der Waals surface area (Å²) in [5.41, 5.74) is 13.3. The van der Waals surface area contributed by atoms with Crippen LogP contribution in [-0.2, 0) is 4.79 Å². The van der Waals surface area contributed by atoms with Gasteiger partial charge in [-0.1, -0.05) is 11.6 Å². The molecule has 1 amide bonds.